The number of sulfonamides is 1. The standard InChI is InChI=1S/C13H18ClNO2S/c1-11-4-6-12(7-5-11)18(16,17)15-13(10-14)8-2-3-9-13/h4-7,15H,2-3,8-10H2,1H3. The third-order valence-electron chi connectivity index (χ3n) is 3.50. The van der Waals surface area contributed by atoms with E-state index in [-0.39, 0.29) is 0 Å². The fourth-order valence-electron chi connectivity index (χ4n) is 2.38. The molecule has 0 unspecified atom stereocenters. The van der Waals surface area contributed by atoms with Crippen molar-refractivity contribution in [3.05, 3.63) is 29.8 Å². The Labute approximate surface area is 114 Å². The molecule has 1 aliphatic carbocycles. The number of hydrogen-bond donors (Lipinski definition) is 1. The van der Waals surface area contributed by atoms with Gasteiger partial charge in [0.15, 0.2) is 0 Å². The van der Waals surface area contributed by atoms with Crippen molar-refractivity contribution in [2.45, 2.75) is 43.0 Å². The second-order valence-electron chi connectivity index (χ2n) is 5.04. The first-order chi connectivity index (χ1) is 8.47. The van der Waals surface area contributed by atoms with E-state index >= 15 is 0 Å². The van der Waals surface area contributed by atoms with E-state index in [1.807, 2.05) is 6.92 Å². The zero-order valence-electron chi connectivity index (χ0n) is 10.4. The molecule has 5 heteroatoms. The minimum atomic E-state index is -3.47. The predicted molar refractivity (Wildman–Crippen MR) is 73.4 cm³/mol. The highest BCUT2D eigenvalue weighted by Gasteiger charge is 2.37. The van der Waals surface area contributed by atoms with Gasteiger partial charge in [0.25, 0.3) is 0 Å². The first-order valence-corrected chi connectivity index (χ1v) is 8.16. The summed E-state index contributed by atoms with van der Waals surface area (Å²) in [7, 11) is -3.47. The summed E-state index contributed by atoms with van der Waals surface area (Å²) in [5.74, 6) is 0.331. The number of halogens is 1. The maximum atomic E-state index is 12.3. The van der Waals surface area contributed by atoms with Crippen molar-refractivity contribution < 1.29 is 8.42 Å². The summed E-state index contributed by atoms with van der Waals surface area (Å²) in [5.41, 5.74) is 0.590. The number of rotatable bonds is 4. The van der Waals surface area contributed by atoms with Crippen LogP contribution in [0.15, 0.2) is 29.2 Å². The van der Waals surface area contributed by atoms with Crippen molar-refractivity contribution in [2.24, 2.45) is 0 Å². The van der Waals surface area contributed by atoms with Gasteiger partial charge in [-0.3, -0.25) is 0 Å². The van der Waals surface area contributed by atoms with Crippen molar-refractivity contribution in [1.82, 2.24) is 4.72 Å². The molecule has 0 saturated heterocycles. The summed E-state index contributed by atoms with van der Waals surface area (Å²) >= 11 is 5.96. The van der Waals surface area contributed by atoms with Crippen LogP contribution in [0.2, 0.25) is 0 Å². The summed E-state index contributed by atoms with van der Waals surface area (Å²) < 4.78 is 27.4. The molecular formula is C13H18ClNO2S. The summed E-state index contributed by atoms with van der Waals surface area (Å²) in [4.78, 5) is 0.310. The van der Waals surface area contributed by atoms with Gasteiger partial charge in [-0.25, -0.2) is 13.1 Å². The zero-order chi connectivity index (χ0) is 13.2. The van der Waals surface area contributed by atoms with E-state index in [9.17, 15) is 8.42 Å². The Bertz CT molecular complexity index is 504. The van der Waals surface area contributed by atoms with Gasteiger partial charge in [-0.15, -0.1) is 11.6 Å². The van der Waals surface area contributed by atoms with E-state index < -0.39 is 15.6 Å². The number of benzene rings is 1. The Kier molecular flexibility index (Phi) is 3.99. The molecule has 0 aromatic heterocycles. The molecule has 0 bridgehead atoms. The lowest BCUT2D eigenvalue weighted by Crippen LogP contribution is -2.47. The number of alkyl halides is 1. The van der Waals surface area contributed by atoms with Gasteiger partial charge < -0.3 is 0 Å². The van der Waals surface area contributed by atoms with Crippen LogP contribution in [0.25, 0.3) is 0 Å². The van der Waals surface area contributed by atoms with Gasteiger partial charge in [0.05, 0.1) is 4.90 Å². The predicted octanol–water partition coefficient (Wildman–Crippen LogP) is 2.82. The van der Waals surface area contributed by atoms with Gasteiger partial charge >= 0.3 is 0 Å². The fourth-order valence-corrected chi connectivity index (χ4v) is 4.25. The van der Waals surface area contributed by atoms with E-state index in [1.54, 1.807) is 24.3 Å². The Morgan fingerprint density at radius 2 is 1.78 bits per heavy atom. The second-order valence-corrected chi connectivity index (χ2v) is 6.99. The van der Waals surface area contributed by atoms with Crippen LogP contribution in [0.3, 0.4) is 0 Å². The van der Waals surface area contributed by atoms with Crippen LogP contribution < -0.4 is 4.72 Å². The van der Waals surface area contributed by atoms with E-state index in [4.69, 9.17) is 11.6 Å². The van der Waals surface area contributed by atoms with E-state index in [0.717, 1.165) is 31.2 Å². The Morgan fingerprint density at radius 1 is 1.22 bits per heavy atom. The number of aryl methyl sites for hydroxylation is 1. The van der Waals surface area contributed by atoms with Crippen LogP contribution in [0.1, 0.15) is 31.2 Å². The summed E-state index contributed by atoms with van der Waals surface area (Å²) in [6, 6.07) is 6.87. The number of hydrogen-bond acceptors (Lipinski definition) is 2. The lowest BCUT2D eigenvalue weighted by Gasteiger charge is -2.27. The number of nitrogens with one attached hydrogen (secondary N) is 1. The normalized spacial score (nSPS) is 19.0. The van der Waals surface area contributed by atoms with Crippen LogP contribution in [-0.4, -0.2) is 19.8 Å². The molecule has 1 N–H and O–H groups in total. The summed E-state index contributed by atoms with van der Waals surface area (Å²) in [6.07, 6.45) is 3.70. The van der Waals surface area contributed by atoms with E-state index in [2.05, 4.69) is 4.72 Å². The van der Waals surface area contributed by atoms with Crippen molar-refractivity contribution >= 4 is 21.6 Å². The maximum absolute atomic E-state index is 12.3. The molecule has 0 atom stereocenters. The molecule has 1 aromatic rings. The molecule has 1 fully saturated rings. The summed E-state index contributed by atoms with van der Waals surface area (Å²) in [6.45, 7) is 1.93. The van der Waals surface area contributed by atoms with Crippen LogP contribution in [-0.2, 0) is 10.0 Å². The molecule has 18 heavy (non-hydrogen) atoms. The molecular weight excluding hydrogens is 270 g/mol. The summed E-state index contributed by atoms with van der Waals surface area (Å²) in [5, 5.41) is 0. The first kappa shape index (κ1) is 13.8. The third-order valence-corrected chi connectivity index (χ3v) is 5.60. The van der Waals surface area contributed by atoms with Crippen molar-refractivity contribution in [1.29, 1.82) is 0 Å². The molecule has 0 spiro atoms. The highest BCUT2D eigenvalue weighted by atomic mass is 35.5. The highest BCUT2D eigenvalue weighted by Crippen LogP contribution is 2.32. The average Bonchev–Trinajstić information content (AvgIpc) is 2.78. The lowest BCUT2D eigenvalue weighted by molar-refractivity contribution is 0.433. The molecule has 2 rings (SSSR count). The van der Waals surface area contributed by atoms with Gasteiger partial charge in [0.2, 0.25) is 10.0 Å². The monoisotopic (exact) mass is 287 g/mol. The van der Waals surface area contributed by atoms with E-state index in [0.29, 0.717) is 10.8 Å². The molecule has 1 aliphatic rings. The molecule has 1 saturated carbocycles. The van der Waals surface area contributed by atoms with Crippen LogP contribution in [0.5, 0.6) is 0 Å². The smallest absolute Gasteiger partial charge is 0.207 e. The molecule has 0 heterocycles. The lowest BCUT2D eigenvalue weighted by atomic mass is 10.0. The maximum Gasteiger partial charge on any atom is 0.241 e. The van der Waals surface area contributed by atoms with Crippen molar-refractivity contribution in [2.75, 3.05) is 5.88 Å². The van der Waals surface area contributed by atoms with Crippen LogP contribution in [0, 0.1) is 6.92 Å². The molecule has 0 aliphatic heterocycles. The SMILES string of the molecule is Cc1ccc(S(=O)(=O)NC2(CCl)CCCC2)cc1. The molecule has 100 valence electrons. The molecule has 0 amide bonds. The molecule has 1 aromatic carbocycles. The van der Waals surface area contributed by atoms with Gasteiger partial charge in [-0.2, -0.15) is 0 Å². The quantitative estimate of drug-likeness (QED) is 0.866. The first-order valence-electron chi connectivity index (χ1n) is 6.14. The van der Waals surface area contributed by atoms with Crippen LogP contribution in [0.4, 0.5) is 0 Å². The minimum absolute atomic E-state index is 0.310. The van der Waals surface area contributed by atoms with Crippen LogP contribution >= 0.6 is 11.6 Å². The van der Waals surface area contributed by atoms with Gasteiger partial charge in [0, 0.05) is 11.4 Å². The largest absolute Gasteiger partial charge is 0.241 e. The Hall–Kier alpha value is -0.580. The van der Waals surface area contributed by atoms with Gasteiger partial charge in [0.1, 0.15) is 0 Å². The molecule has 0 radical (unpaired) electrons. The second kappa shape index (κ2) is 5.19. The third kappa shape index (κ3) is 2.87. The zero-order valence-corrected chi connectivity index (χ0v) is 12.0. The fraction of sp³-hybridized carbons (Fsp3) is 0.538. The van der Waals surface area contributed by atoms with Gasteiger partial charge in [-0.1, -0.05) is 30.5 Å². The van der Waals surface area contributed by atoms with Crippen molar-refractivity contribution in [3.8, 4) is 0 Å². The van der Waals surface area contributed by atoms with Crippen molar-refractivity contribution in [3.63, 3.8) is 0 Å². The highest BCUT2D eigenvalue weighted by molar-refractivity contribution is 7.89. The van der Waals surface area contributed by atoms with Gasteiger partial charge in [-0.05, 0) is 31.9 Å². The minimum Gasteiger partial charge on any atom is -0.207 e. The Morgan fingerprint density at radius 3 is 2.28 bits per heavy atom. The average molecular weight is 288 g/mol. The Balaban J connectivity index is 2.24. The molecule has 3 nitrogen and oxygen atoms in total. The topological polar surface area (TPSA) is 46.2 Å². The van der Waals surface area contributed by atoms with E-state index in [1.165, 1.54) is 0 Å².